The van der Waals surface area contributed by atoms with Crippen LogP contribution in [-0.4, -0.2) is 27.9 Å². The van der Waals surface area contributed by atoms with E-state index in [4.69, 9.17) is 10.4 Å². The predicted octanol–water partition coefficient (Wildman–Crippen LogP) is 1.36. The smallest absolute Gasteiger partial charge is 0.187 e. The Labute approximate surface area is 82.2 Å². The lowest BCUT2D eigenvalue weighted by Crippen LogP contribution is -1.93. The molecule has 0 aliphatic rings. The summed E-state index contributed by atoms with van der Waals surface area (Å²) in [5, 5.41) is 17.3. The first-order valence-corrected chi connectivity index (χ1v) is 5.02. The summed E-state index contributed by atoms with van der Waals surface area (Å²) in [6, 6.07) is 0. The first-order valence-electron chi connectivity index (χ1n) is 3.54. The molecule has 13 heavy (non-hydrogen) atoms. The minimum atomic E-state index is -1.54. The van der Waals surface area contributed by atoms with E-state index >= 15 is 0 Å². The van der Waals surface area contributed by atoms with Gasteiger partial charge in [-0.1, -0.05) is 32.7 Å². The van der Waals surface area contributed by atoms with E-state index in [0.29, 0.717) is 5.41 Å². The fourth-order valence-corrected chi connectivity index (χ4v) is 0.129. The molecule has 0 saturated carbocycles. The molecule has 0 rings (SSSR count). The van der Waals surface area contributed by atoms with E-state index in [9.17, 15) is 4.21 Å². The average molecular weight is 216 g/mol. The molecular formula is C7H20O5S. The van der Waals surface area contributed by atoms with E-state index in [1.54, 1.807) is 0 Å². The summed E-state index contributed by atoms with van der Waals surface area (Å²) in [6.45, 7) is 8.75. The highest BCUT2D eigenvalue weighted by atomic mass is 32.2. The second-order valence-electron chi connectivity index (χ2n) is 3.54. The standard InChI is InChI=1S/C5H12.CH4O4S.CH4O/c1-5(2,3)4;1-6(3)5-4-2;1-2/h1-4H3;2H,1H3;2H,1H3. The Morgan fingerprint density at radius 2 is 1.38 bits per heavy atom. The van der Waals surface area contributed by atoms with Crippen molar-refractivity contribution in [1.29, 1.82) is 0 Å². The van der Waals surface area contributed by atoms with Gasteiger partial charge in [-0.2, -0.15) is 0 Å². The van der Waals surface area contributed by atoms with Gasteiger partial charge in [-0.25, -0.2) is 9.47 Å². The molecule has 0 aromatic heterocycles. The van der Waals surface area contributed by atoms with Gasteiger partial charge in [0.1, 0.15) is 0 Å². The second kappa shape index (κ2) is 12.0. The number of hydrogen-bond acceptors (Lipinski definition) is 5. The third kappa shape index (κ3) is 134. The highest BCUT2D eigenvalue weighted by Gasteiger charge is 1.95. The second-order valence-corrected chi connectivity index (χ2v) is 4.48. The van der Waals surface area contributed by atoms with E-state index in [1.807, 2.05) is 0 Å². The Bertz CT molecular complexity index is 104. The van der Waals surface area contributed by atoms with Gasteiger partial charge in [-0.3, -0.25) is 0 Å². The van der Waals surface area contributed by atoms with Crippen LogP contribution >= 0.6 is 0 Å². The Morgan fingerprint density at radius 3 is 1.38 bits per heavy atom. The highest BCUT2D eigenvalue weighted by Crippen LogP contribution is 2.07. The van der Waals surface area contributed by atoms with Crippen LogP contribution in [0.4, 0.5) is 0 Å². The zero-order valence-corrected chi connectivity index (χ0v) is 9.84. The van der Waals surface area contributed by atoms with E-state index in [2.05, 4.69) is 37.1 Å². The average Bonchev–Trinajstić information content (AvgIpc) is 1.87. The normalized spacial score (nSPS) is 11.7. The van der Waals surface area contributed by atoms with Gasteiger partial charge in [0, 0.05) is 13.4 Å². The van der Waals surface area contributed by atoms with Crippen molar-refractivity contribution in [1.82, 2.24) is 0 Å². The molecule has 0 saturated heterocycles. The Hall–Kier alpha value is -0.0100. The molecule has 84 valence electrons. The van der Waals surface area contributed by atoms with E-state index in [0.717, 1.165) is 7.11 Å². The maximum Gasteiger partial charge on any atom is 0.187 e. The molecule has 2 N–H and O–H groups in total. The zero-order chi connectivity index (χ0) is 11.5. The molecule has 0 heterocycles. The molecule has 5 nitrogen and oxygen atoms in total. The summed E-state index contributed by atoms with van der Waals surface area (Å²) in [5.41, 5.74) is 0.500. The van der Waals surface area contributed by atoms with Crippen LogP contribution in [0, 0.1) is 5.41 Å². The molecule has 6 heteroatoms. The lowest BCUT2D eigenvalue weighted by atomic mass is 10.0. The van der Waals surface area contributed by atoms with Crippen LogP contribution in [0.15, 0.2) is 0 Å². The highest BCUT2D eigenvalue weighted by molar-refractivity contribution is 7.79. The summed E-state index contributed by atoms with van der Waals surface area (Å²) < 4.78 is 13.2. The number of aliphatic hydroxyl groups is 1. The van der Waals surface area contributed by atoms with Gasteiger partial charge in [0.05, 0.1) is 0 Å². The fourth-order valence-electron chi connectivity index (χ4n) is 0.0429. The van der Waals surface area contributed by atoms with Crippen LogP contribution in [0.25, 0.3) is 0 Å². The molecule has 0 aromatic carbocycles. The number of hydrogen-bond donors (Lipinski definition) is 2. The van der Waals surface area contributed by atoms with Crippen LogP contribution in [0.2, 0.25) is 0 Å². The van der Waals surface area contributed by atoms with Crippen molar-refractivity contribution in [2.75, 3.05) is 13.4 Å². The van der Waals surface area contributed by atoms with Crippen LogP contribution in [-0.2, 0) is 20.5 Å². The summed E-state index contributed by atoms with van der Waals surface area (Å²) >= 11 is -1.54. The van der Waals surface area contributed by atoms with Crippen molar-refractivity contribution >= 4 is 11.1 Å². The SMILES string of the molecule is CC(C)(C)C.CO.CS(=O)OOO. The van der Waals surface area contributed by atoms with Gasteiger partial charge in [-0.05, 0) is 5.41 Å². The molecule has 0 bridgehead atoms. The summed E-state index contributed by atoms with van der Waals surface area (Å²) in [4.78, 5) is 0. The quantitative estimate of drug-likeness (QED) is 0.538. The molecule has 0 spiro atoms. The van der Waals surface area contributed by atoms with E-state index in [-0.39, 0.29) is 0 Å². The Balaban J connectivity index is -0.000000131. The molecule has 0 aromatic rings. The third-order valence-electron chi connectivity index (χ3n) is 0.126. The summed E-state index contributed by atoms with van der Waals surface area (Å²) in [5.74, 6) is 0. The minimum Gasteiger partial charge on any atom is -0.400 e. The summed E-state index contributed by atoms with van der Waals surface area (Å²) in [6.07, 6.45) is 1.22. The molecule has 1 atom stereocenters. The maximum atomic E-state index is 9.65. The molecule has 0 radical (unpaired) electrons. The van der Waals surface area contributed by atoms with E-state index < -0.39 is 11.1 Å². The van der Waals surface area contributed by atoms with Gasteiger partial charge in [0.2, 0.25) is 0 Å². The first kappa shape index (κ1) is 18.7. The minimum absolute atomic E-state index is 0.500. The number of aliphatic hydroxyl groups excluding tert-OH is 1. The Kier molecular flexibility index (Phi) is 17.3. The summed E-state index contributed by atoms with van der Waals surface area (Å²) in [7, 11) is 1.00. The van der Waals surface area contributed by atoms with Crippen LogP contribution < -0.4 is 0 Å². The van der Waals surface area contributed by atoms with Crippen molar-refractivity contribution in [3.63, 3.8) is 0 Å². The molecule has 0 aliphatic carbocycles. The van der Waals surface area contributed by atoms with Gasteiger partial charge < -0.3 is 5.11 Å². The fraction of sp³-hybridized carbons (Fsp3) is 1.00. The van der Waals surface area contributed by atoms with Crippen molar-refractivity contribution < 1.29 is 23.9 Å². The van der Waals surface area contributed by atoms with Gasteiger partial charge in [-0.15, -0.1) is 4.33 Å². The lowest BCUT2D eigenvalue weighted by Gasteiger charge is -2.05. The van der Waals surface area contributed by atoms with Crippen LogP contribution in [0.1, 0.15) is 27.7 Å². The lowest BCUT2D eigenvalue weighted by molar-refractivity contribution is -0.434. The van der Waals surface area contributed by atoms with Crippen molar-refractivity contribution in [2.45, 2.75) is 27.7 Å². The van der Waals surface area contributed by atoms with Crippen molar-refractivity contribution in [3.8, 4) is 0 Å². The molecule has 1 unspecified atom stereocenters. The zero-order valence-electron chi connectivity index (χ0n) is 9.03. The topological polar surface area (TPSA) is 76.0 Å². The molecular weight excluding hydrogens is 196 g/mol. The number of rotatable bonds is 2. The molecule has 0 fully saturated rings. The van der Waals surface area contributed by atoms with Crippen molar-refractivity contribution in [3.05, 3.63) is 0 Å². The maximum absolute atomic E-state index is 9.65. The van der Waals surface area contributed by atoms with Gasteiger partial charge in [0.25, 0.3) is 0 Å². The van der Waals surface area contributed by atoms with Crippen molar-refractivity contribution in [2.24, 2.45) is 5.41 Å². The largest absolute Gasteiger partial charge is 0.400 e. The first-order chi connectivity index (χ1) is 5.77. The van der Waals surface area contributed by atoms with Crippen LogP contribution in [0.5, 0.6) is 0 Å². The van der Waals surface area contributed by atoms with Gasteiger partial charge >= 0.3 is 0 Å². The Morgan fingerprint density at radius 1 is 1.15 bits per heavy atom. The van der Waals surface area contributed by atoms with Crippen LogP contribution in [0.3, 0.4) is 0 Å². The monoisotopic (exact) mass is 216 g/mol. The third-order valence-corrected chi connectivity index (χ3v) is 0.379. The molecule has 0 aliphatic heterocycles. The van der Waals surface area contributed by atoms with Gasteiger partial charge in [0.15, 0.2) is 11.1 Å². The molecule has 0 amide bonds. The van der Waals surface area contributed by atoms with E-state index in [1.165, 1.54) is 6.26 Å². The predicted molar refractivity (Wildman–Crippen MR) is 52.1 cm³/mol.